The highest BCUT2D eigenvalue weighted by Crippen LogP contribution is 2.26. The molecule has 7 heteroatoms. The predicted molar refractivity (Wildman–Crippen MR) is 79.6 cm³/mol. The Hall–Kier alpha value is -2.18. The summed E-state index contributed by atoms with van der Waals surface area (Å²) in [5.41, 5.74) is 1.37. The van der Waals surface area contributed by atoms with Crippen molar-refractivity contribution in [2.45, 2.75) is 13.0 Å². The SMILES string of the molecule is CC(CO)Nc1ncc(Cl)c(-c2ccc(C(=O)O)cc2)n1. The lowest BCUT2D eigenvalue weighted by Crippen LogP contribution is -2.20. The van der Waals surface area contributed by atoms with Gasteiger partial charge in [0.1, 0.15) is 0 Å². The fraction of sp³-hybridized carbons (Fsp3) is 0.214. The quantitative estimate of drug-likeness (QED) is 0.784. The molecule has 0 aliphatic rings. The number of nitrogens with zero attached hydrogens (tertiary/aromatic N) is 2. The van der Waals surface area contributed by atoms with Crippen LogP contribution in [0.2, 0.25) is 5.02 Å². The largest absolute Gasteiger partial charge is 0.478 e. The fourth-order valence-electron chi connectivity index (χ4n) is 1.68. The highest BCUT2D eigenvalue weighted by Gasteiger charge is 2.11. The number of carboxylic acids is 1. The van der Waals surface area contributed by atoms with Crippen LogP contribution >= 0.6 is 11.6 Å². The Labute approximate surface area is 126 Å². The molecule has 110 valence electrons. The van der Waals surface area contributed by atoms with Crippen molar-refractivity contribution in [1.29, 1.82) is 0 Å². The van der Waals surface area contributed by atoms with Gasteiger partial charge in [-0.25, -0.2) is 14.8 Å². The van der Waals surface area contributed by atoms with E-state index in [1.54, 1.807) is 19.1 Å². The molecule has 2 aromatic rings. The molecule has 0 radical (unpaired) electrons. The minimum absolute atomic E-state index is 0.0470. The molecular formula is C14H14ClN3O3. The van der Waals surface area contributed by atoms with Gasteiger partial charge in [-0.3, -0.25) is 0 Å². The van der Waals surface area contributed by atoms with Crippen molar-refractivity contribution in [3.8, 4) is 11.3 Å². The number of anilines is 1. The van der Waals surface area contributed by atoms with Crippen LogP contribution in [0.4, 0.5) is 5.95 Å². The summed E-state index contributed by atoms with van der Waals surface area (Å²) in [5.74, 6) is -0.646. The van der Waals surface area contributed by atoms with E-state index in [-0.39, 0.29) is 18.2 Å². The first-order valence-corrected chi connectivity index (χ1v) is 6.62. The van der Waals surface area contributed by atoms with Gasteiger partial charge in [0.15, 0.2) is 0 Å². The maximum Gasteiger partial charge on any atom is 0.335 e. The first kappa shape index (κ1) is 15.2. The van der Waals surface area contributed by atoms with Gasteiger partial charge in [-0.1, -0.05) is 23.7 Å². The lowest BCUT2D eigenvalue weighted by Gasteiger charge is -2.12. The zero-order chi connectivity index (χ0) is 15.4. The maximum absolute atomic E-state index is 10.8. The van der Waals surface area contributed by atoms with Crippen molar-refractivity contribution in [1.82, 2.24) is 9.97 Å². The Balaban J connectivity index is 2.33. The number of hydrogen-bond acceptors (Lipinski definition) is 5. The average Bonchev–Trinajstić information content (AvgIpc) is 2.49. The Bertz CT molecular complexity index is 646. The minimum Gasteiger partial charge on any atom is -0.478 e. The van der Waals surface area contributed by atoms with E-state index in [0.717, 1.165) is 0 Å². The molecule has 0 spiro atoms. The van der Waals surface area contributed by atoms with Gasteiger partial charge in [-0.2, -0.15) is 0 Å². The van der Waals surface area contributed by atoms with Crippen molar-refractivity contribution in [2.75, 3.05) is 11.9 Å². The van der Waals surface area contributed by atoms with Crippen LogP contribution in [-0.2, 0) is 0 Å². The summed E-state index contributed by atoms with van der Waals surface area (Å²) in [5, 5.41) is 21.2. The van der Waals surface area contributed by atoms with E-state index < -0.39 is 5.97 Å². The predicted octanol–water partition coefficient (Wildman–Crippen LogP) is 2.29. The third kappa shape index (κ3) is 3.68. The number of nitrogens with one attached hydrogen (secondary N) is 1. The van der Waals surface area contributed by atoms with Crippen LogP contribution in [0.5, 0.6) is 0 Å². The van der Waals surface area contributed by atoms with Crippen molar-refractivity contribution < 1.29 is 15.0 Å². The Morgan fingerprint density at radius 1 is 1.38 bits per heavy atom. The zero-order valence-electron chi connectivity index (χ0n) is 11.2. The van der Waals surface area contributed by atoms with E-state index in [1.165, 1.54) is 18.3 Å². The molecule has 21 heavy (non-hydrogen) atoms. The molecule has 1 unspecified atom stereocenters. The standard InChI is InChI=1S/C14H14ClN3O3/c1-8(7-19)17-14-16-6-11(15)12(18-14)9-2-4-10(5-3-9)13(20)21/h2-6,8,19H,7H2,1H3,(H,20,21)(H,16,17,18). The summed E-state index contributed by atoms with van der Waals surface area (Å²) in [7, 11) is 0. The van der Waals surface area contributed by atoms with Crippen molar-refractivity contribution in [2.24, 2.45) is 0 Å². The van der Waals surface area contributed by atoms with Crippen molar-refractivity contribution in [3.05, 3.63) is 41.0 Å². The lowest BCUT2D eigenvalue weighted by atomic mass is 10.1. The highest BCUT2D eigenvalue weighted by atomic mass is 35.5. The minimum atomic E-state index is -0.991. The number of aliphatic hydroxyl groups is 1. The third-order valence-electron chi connectivity index (χ3n) is 2.80. The zero-order valence-corrected chi connectivity index (χ0v) is 12.0. The van der Waals surface area contributed by atoms with Gasteiger partial charge >= 0.3 is 5.97 Å². The first-order valence-electron chi connectivity index (χ1n) is 6.25. The van der Waals surface area contributed by atoms with Gasteiger partial charge in [0.25, 0.3) is 0 Å². The topological polar surface area (TPSA) is 95.3 Å². The molecule has 2 rings (SSSR count). The molecule has 0 saturated carbocycles. The summed E-state index contributed by atoms with van der Waals surface area (Å²) in [4.78, 5) is 19.2. The molecule has 1 aromatic carbocycles. The second-order valence-corrected chi connectivity index (χ2v) is 4.91. The molecule has 1 aromatic heterocycles. The van der Waals surface area contributed by atoms with Crippen LogP contribution in [0.15, 0.2) is 30.5 Å². The van der Waals surface area contributed by atoms with Crippen LogP contribution in [-0.4, -0.2) is 38.8 Å². The first-order chi connectivity index (χ1) is 10.0. The number of carboxylic acid groups (broad SMARTS) is 1. The second kappa shape index (κ2) is 6.51. The van der Waals surface area contributed by atoms with E-state index in [4.69, 9.17) is 21.8 Å². The van der Waals surface area contributed by atoms with Crippen LogP contribution in [0.25, 0.3) is 11.3 Å². The molecule has 0 fully saturated rings. The van der Waals surface area contributed by atoms with Crippen molar-refractivity contribution >= 4 is 23.5 Å². The number of aromatic carboxylic acids is 1. The van der Waals surface area contributed by atoms with E-state index in [9.17, 15) is 4.79 Å². The summed E-state index contributed by atoms with van der Waals surface area (Å²) in [6.45, 7) is 1.74. The molecule has 3 N–H and O–H groups in total. The Morgan fingerprint density at radius 2 is 2.05 bits per heavy atom. The maximum atomic E-state index is 10.8. The van der Waals surface area contributed by atoms with E-state index in [2.05, 4.69) is 15.3 Å². The molecule has 0 aliphatic carbocycles. The van der Waals surface area contributed by atoms with Crippen LogP contribution < -0.4 is 5.32 Å². The highest BCUT2D eigenvalue weighted by molar-refractivity contribution is 6.32. The fourth-order valence-corrected chi connectivity index (χ4v) is 1.88. The van der Waals surface area contributed by atoms with Crippen LogP contribution in [0.3, 0.4) is 0 Å². The van der Waals surface area contributed by atoms with Gasteiger partial charge in [-0.15, -0.1) is 0 Å². The smallest absolute Gasteiger partial charge is 0.335 e. The summed E-state index contributed by atoms with van der Waals surface area (Å²) < 4.78 is 0. The van der Waals surface area contributed by atoms with Gasteiger partial charge in [0, 0.05) is 11.6 Å². The van der Waals surface area contributed by atoms with E-state index in [0.29, 0.717) is 22.2 Å². The number of rotatable bonds is 5. The monoisotopic (exact) mass is 307 g/mol. The molecule has 0 aliphatic heterocycles. The Morgan fingerprint density at radius 3 is 2.62 bits per heavy atom. The average molecular weight is 308 g/mol. The number of hydrogen-bond donors (Lipinski definition) is 3. The summed E-state index contributed by atoms with van der Waals surface area (Å²) >= 11 is 6.09. The number of aromatic nitrogens is 2. The number of halogens is 1. The second-order valence-electron chi connectivity index (χ2n) is 4.50. The molecule has 1 heterocycles. The van der Waals surface area contributed by atoms with Gasteiger partial charge in [0.2, 0.25) is 5.95 Å². The third-order valence-corrected chi connectivity index (χ3v) is 3.08. The van der Waals surface area contributed by atoms with Crippen molar-refractivity contribution in [3.63, 3.8) is 0 Å². The molecule has 1 atom stereocenters. The summed E-state index contributed by atoms with van der Waals surface area (Å²) in [6, 6.07) is 6.06. The Kier molecular flexibility index (Phi) is 4.72. The number of carbonyl (C=O) groups is 1. The van der Waals surface area contributed by atoms with E-state index >= 15 is 0 Å². The number of benzene rings is 1. The van der Waals surface area contributed by atoms with Crippen LogP contribution in [0, 0.1) is 0 Å². The molecule has 6 nitrogen and oxygen atoms in total. The lowest BCUT2D eigenvalue weighted by molar-refractivity contribution is 0.0697. The molecule has 0 amide bonds. The van der Waals surface area contributed by atoms with Gasteiger partial charge in [-0.05, 0) is 19.1 Å². The van der Waals surface area contributed by atoms with Crippen LogP contribution in [0.1, 0.15) is 17.3 Å². The molecule has 0 saturated heterocycles. The van der Waals surface area contributed by atoms with Gasteiger partial charge in [0.05, 0.1) is 29.1 Å². The molecule has 0 bridgehead atoms. The number of aliphatic hydroxyl groups excluding tert-OH is 1. The van der Waals surface area contributed by atoms with Gasteiger partial charge < -0.3 is 15.5 Å². The summed E-state index contributed by atoms with van der Waals surface area (Å²) in [6.07, 6.45) is 1.46. The van der Waals surface area contributed by atoms with E-state index in [1.807, 2.05) is 0 Å². The molecular weight excluding hydrogens is 294 g/mol. The normalized spacial score (nSPS) is 12.0.